The van der Waals surface area contributed by atoms with Gasteiger partial charge in [0.2, 0.25) is 11.8 Å². The third kappa shape index (κ3) is 8.67. The first-order valence-corrected chi connectivity index (χ1v) is 21.0. The van der Waals surface area contributed by atoms with Crippen LogP contribution in [-0.4, -0.2) is 91.1 Å². The van der Waals surface area contributed by atoms with E-state index in [1.807, 2.05) is 0 Å². The normalized spacial score (nSPS) is 28.6. The van der Waals surface area contributed by atoms with Crippen molar-refractivity contribution in [3.8, 4) is 5.75 Å². The van der Waals surface area contributed by atoms with E-state index in [0.717, 1.165) is 25.7 Å². The number of rotatable bonds is 6. The van der Waals surface area contributed by atoms with Crippen molar-refractivity contribution in [1.82, 2.24) is 25.2 Å². The van der Waals surface area contributed by atoms with Gasteiger partial charge in [-0.05, 0) is 93.7 Å². The number of sulfonamides is 1. The molecular weight excluding hydrogens is 762 g/mol. The highest BCUT2D eigenvalue weighted by Gasteiger charge is 2.68. The molecule has 2 saturated heterocycles. The van der Waals surface area contributed by atoms with Gasteiger partial charge in [0.25, 0.3) is 15.9 Å². The summed E-state index contributed by atoms with van der Waals surface area (Å²) in [5.41, 5.74) is -1.39. The predicted molar refractivity (Wildman–Crippen MR) is 201 cm³/mol. The Morgan fingerprint density at radius 3 is 2.42 bits per heavy atom. The van der Waals surface area contributed by atoms with Crippen LogP contribution < -0.4 is 20.1 Å². The zero-order chi connectivity index (χ0) is 40.9. The summed E-state index contributed by atoms with van der Waals surface area (Å²) in [4.78, 5) is 71.9. The highest BCUT2D eigenvalue weighted by molar-refractivity contribution is 7.90. The van der Waals surface area contributed by atoms with Crippen LogP contribution in [0.4, 0.5) is 14.0 Å². The number of carbonyl (C=O) groups is 5. The molecule has 2 saturated carbocycles. The van der Waals surface area contributed by atoms with E-state index in [2.05, 4.69) is 15.4 Å². The summed E-state index contributed by atoms with van der Waals surface area (Å²) >= 11 is 0. The molecule has 2 aliphatic carbocycles. The van der Waals surface area contributed by atoms with Crippen LogP contribution >= 0.6 is 0 Å². The van der Waals surface area contributed by atoms with Crippen molar-refractivity contribution < 1.29 is 51.0 Å². The zero-order valence-corrected chi connectivity index (χ0v) is 33.4. The summed E-state index contributed by atoms with van der Waals surface area (Å²) in [5.74, 6) is -2.16. The molecule has 0 spiro atoms. The molecule has 2 aromatic carbocycles. The predicted octanol–water partition coefficient (Wildman–Crippen LogP) is 4.13. The van der Waals surface area contributed by atoms with E-state index in [1.165, 1.54) is 47.2 Å². The lowest BCUT2D eigenvalue weighted by Gasteiger charge is -2.30. The molecule has 2 unspecified atom stereocenters. The largest absolute Gasteiger partial charge is 0.497 e. The number of carbonyl (C=O) groups excluding carboxylic acids is 5. The number of methoxy groups -OCH3 is 1. The van der Waals surface area contributed by atoms with Gasteiger partial charge in [-0.3, -0.25) is 19.3 Å². The fourth-order valence-corrected chi connectivity index (χ4v) is 9.67. The van der Waals surface area contributed by atoms with E-state index in [0.29, 0.717) is 29.2 Å². The second-order valence-electron chi connectivity index (χ2n) is 16.9. The number of hydrogen-bond acceptors (Lipinski definition) is 10. The Morgan fingerprint density at radius 1 is 0.982 bits per heavy atom. The summed E-state index contributed by atoms with van der Waals surface area (Å²) in [6, 6.07) is 7.80. The minimum Gasteiger partial charge on any atom is -0.497 e. The number of alkyl carbamates (subject to hydrolysis) is 1. The first-order chi connectivity index (χ1) is 27.0. The summed E-state index contributed by atoms with van der Waals surface area (Å²) in [6.07, 6.45) is 1.69. The van der Waals surface area contributed by atoms with Crippen LogP contribution in [0.25, 0.3) is 0 Å². The highest BCUT2D eigenvalue weighted by atomic mass is 32.2. The highest BCUT2D eigenvalue weighted by Crippen LogP contribution is 2.61. The van der Waals surface area contributed by atoms with Crippen LogP contribution in [0.15, 0.2) is 47.4 Å². The Kier molecular flexibility index (Phi) is 10.9. The van der Waals surface area contributed by atoms with Crippen molar-refractivity contribution in [3.63, 3.8) is 0 Å². The van der Waals surface area contributed by atoms with Crippen LogP contribution in [0, 0.1) is 23.6 Å². The van der Waals surface area contributed by atoms with Crippen LogP contribution in [0.1, 0.15) is 83.3 Å². The van der Waals surface area contributed by atoms with Gasteiger partial charge in [-0.2, -0.15) is 0 Å². The molecule has 7 rings (SSSR count). The van der Waals surface area contributed by atoms with E-state index in [1.54, 1.807) is 32.9 Å². The summed E-state index contributed by atoms with van der Waals surface area (Å²) in [5, 5.41) is 5.57. The smallest absolute Gasteiger partial charge is 0.410 e. The van der Waals surface area contributed by atoms with E-state index >= 15 is 0 Å². The third-order valence-electron chi connectivity index (χ3n) is 11.7. The van der Waals surface area contributed by atoms with Gasteiger partial charge in [-0.1, -0.05) is 37.8 Å². The fraction of sp³-hybridized carbons (Fsp3) is 0.575. The van der Waals surface area contributed by atoms with Crippen molar-refractivity contribution in [2.24, 2.45) is 17.8 Å². The second-order valence-corrected chi connectivity index (χ2v) is 18.5. The Bertz CT molecular complexity index is 2040. The topological polar surface area (TPSA) is 190 Å². The molecule has 3 heterocycles. The average molecular weight is 812 g/mol. The van der Waals surface area contributed by atoms with Gasteiger partial charge in [0, 0.05) is 18.5 Å². The summed E-state index contributed by atoms with van der Waals surface area (Å²) < 4.78 is 60.0. The van der Waals surface area contributed by atoms with Crippen molar-refractivity contribution in [2.45, 2.75) is 119 Å². The standard InChI is InChI=1S/C40H50FN5O10S/c1-39(2,3)56-37(50)42-32-12-7-5-6-9-23-17-28(23)30-19-40(30,36(49)44-57(52,53)27-15-13-25(54-4)14-16-27)43-34(47)33-18-26(21-46(33)35(32)48)55-38(51)45-20-24-10-8-11-31(41)29(24)22-45/h8,10-11,13-16,23,26,28,30,32-33H,5-7,9,12,17-22H2,1-4H3,(H,42,50)(H,43,47)(H,44,49)/t23?,26-,28?,30+,32+,33+,40-/m1/s1. The van der Waals surface area contributed by atoms with Crippen LogP contribution in [0.2, 0.25) is 0 Å². The number of hydrogen-bond donors (Lipinski definition) is 3. The molecule has 308 valence electrons. The lowest BCUT2D eigenvalue weighted by molar-refractivity contribution is -0.141. The minimum absolute atomic E-state index is 0.0113. The number of fused-ring (bicyclic) bond motifs is 5. The van der Waals surface area contributed by atoms with E-state index in [9.17, 15) is 36.8 Å². The van der Waals surface area contributed by atoms with E-state index in [-0.39, 0.29) is 55.6 Å². The number of nitrogens with one attached hydrogen (secondary N) is 3. The average Bonchev–Trinajstić information content (AvgIpc) is 3.96. The monoisotopic (exact) mass is 811 g/mol. The quantitative estimate of drug-likeness (QED) is 0.383. The van der Waals surface area contributed by atoms with Crippen molar-refractivity contribution in [2.75, 3.05) is 13.7 Å². The van der Waals surface area contributed by atoms with Gasteiger partial charge >= 0.3 is 12.2 Å². The van der Waals surface area contributed by atoms with E-state index in [4.69, 9.17) is 14.2 Å². The maximum atomic E-state index is 14.5. The number of ether oxygens (including phenoxy) is 3. The molecule has 7 atom stereocenters. The number of halogens is 1. The molecule has 17 heteroatoms. The molecular formula is C40H50FN5O10S. The molecule has 5 aliphatic rings. The van der Waals surface area contributed by atoms with Crippen LogP contribution in [0.3, 0.4) is 0 Å². The number of benzene rings is 2. The second kappa shape index (κ2) is 15.4. The van der Waals surface area contributed by atoms with Gasteiger partial charge in [0.1, 0.15) is 40.9 Å². The molecule has 15 nitrogen and oxygen atoms in total. The number of amides is 5. The van der Waals surface area contributed by atoms with Crippen molar-refractivity contribution in [3.05, 3.63) is 59.4 Å². The summed E-state index contributed by atoms with van der Waals surface area (Å²) in [7, 11) is -2.91. The van der Waals surface area contributed by atoms with Crippen molar-refractivity contribution in [1.29, 1.82) is 0 Å². The summed E-state index contributed by atoms with van der Waals surface area (Å²) in [6.45, 7) is 4.99. The van der Waals surface area contributed by atoms with Crippen molar-refractivity contribution >= 4 is 39.9 Å². The molecule has 2 aromatic rings. The maximum absolute atomic E-state index is 14.5. The lowest BCUT2D eigenvalue weighted by Crippen LogP contribution is -2.58. The molecule has 5 amide bonds. The zero-order valence-electron chi connectivity index (χ0n) is 32.5. The Balaban J connectivity index is 1.15. The minimum atomic E-state index is -4.35. The van der Waals surface area contributed by atoms with Gasteiger partial charge in [-0.25, -0.2) is 27.1 Å². The molecule has 0 radical (unpaired) electrons. The SMILES string of the molecule is COc1ccc(S(=O)(=O)NC(=O)[C@@]23C[C@H]2C2CC2CCCCC[C@H](NC(=O)OC(C)(C)C)C(=O)N2C[C@H](OC(=O)N4Cc5cccc(F)c5C4)C[C@H]2C(=O)N3)cc1. The van der Waals surface area contributed by atoms with Gasteiger partial charge in [-0.15, -0.1) is 0 Å². The number of nitrogens with zero attached hydrogens (tertiary/aromatic N) is 2. The molecule has 57 heavy (non-hydrogen) atoms. The molecule has 3 aliphatic heterocycles. The van der Waals surface area contributed by atoms with Gasteiger partial charge in [0.15, 0.2) is 0 Å². The first kappa shape index (κ1) is 40.3. The third-order valence-corrected chi connectivity index (χ3v) is 13.1. The molecule has 3 N–H and O–H groups in total. The Labute approximate surface area is 331 Å². The molecule has 0 bridgehead atoms. The maximum Gasteiger partial charge on any atom is 0.410 e. The van der Waals surface area contributed by atoms with Gasteiger partial charge in [0.05, 0.1) is 25.1 Å². The first-order valence-electron chi connectivity index (χ1n) is 19.5. The van der Waals surface area contributed by atoms with Crippen LogP contribution in [0.5, 0.6) is 5.75 Å². The van der Waals surface area contributed by atoms with Gasteiger partial charge < -0.3 is 29.7 Å². The molecule has 4 fully saturated rings. The van der Waals surface area contributed by atoms with E-state index < -0.39 is 75.1 Å². The Hall–Kier alpha value is -4.93. The fourth-order valence-electron chi connectivity index (χ4n) is 8.63. The molecule has 0 aromatic heterocycles. The van der Waals surface area contributed by atoms with Crippen LogP contribution in [-0.2, 0) is 47.0 Å². The lowest BCUT2D eigenvalue weighted by atomic mass is 10.0. The Morgan fingerprint density at radius 2 is 1.72 bits per heavy atom.